The molecule has 1 amide bonds. The second kappa shape index (κ2) is 9.73. The standard InChI is InChI=1S/C21H31N5O3/c1-15(2)12-22-21(27)18-14-26(24-23-18)17-7-9-25(10-8-17)13-16-5-6-19(28-3)20(11-16)29-4/h5-6,11,14-15,17H,7-10,12-13H2,1-4H3,(H,22,27). The minimum absolute atomic E-state index is 0.157. The van der Waals surface area contributed by atoms with Gasteiger partial charge in [-0.1, -0.05) is 25.1 Å². The van der Waals surface area contributed by atoms with E-state index in [1.54, 1.807) is 20.4 Å². The number of amides is 1. The Balaban J connectivity index is 1.52. The van der Waals surface area contributed by atoms with Crippen molar-refractivity contribution in [3.05, 3.63) is 35.7 Å². The molecule has 8 nitrogen and oxygen atoms in total. The SMILES string of the molecule is COc1ccc(CN2CCC(n3cc(C(=O)NCC(C)C)nn3)CC2)cc1OC. The molecule has 0 saturated carbocycles. The van der Waals surface area contributed by atoms with Crippen LogP contribution in [0.15, 0.2) is 24.4 Å². The van der Waals surface area contributed by atoms with Gasteiger partial charge >= 0.3 is 0 Å². The largest absolute Gasteiger partial charge is 0.493 e. The van der Waals surface area contributed by atoms with Gasteiger partial charge in [0, 0.05) is 26.2 Å². The van der Waals surface area contributed by atoms with E-state index in [1.165, 1.54) is 5.56 Å². The fourth-order valence-corrected chi connectivity index (χ4v) is 3.53. The summed E-state index contributed by atoms with van der Waals surface area (Å²) in [7, 11) is 3.30. The van der Waals surface area contributed by atoms with Gasteiger partial charge in [-0.15, -0.1) is 5.10 Å². The Morgan fingerprint density at radius 1 is 1.21 bits per heavy atom. The summed E-state index contributed by atoms with van der Waals surface area (Å²) >= 11 is 0. The summed E-state index contributed by atoms with van der Waals surface area (Å²) in [6, 6.07) is 6.33. The molecule has 1 aliphatic heterocycles. The van der Waals surface area contributed by atoms with Crippen LogP contribution in [0.2, 0.25) is 0 Å². The fourth-order valence-electron chi connectivity index (χ4n) is 3.53. The van der Waals surface area contributed by atoms with Crippen LogP contribution in [0.5, 0.6) is 11.5 Å². The number of hydrogen-bond acceptors (Lipinski definition) is 6. The number of piperidine rings is 1. The molecular weight excluding hydrogens is 370 g/mol. The van der Waals surface area contributed by atoms with Crippen LogP contribution in [0, 0.1) is 5.92 Å². The van der Waals surface area contributed by atoms with Crippen LogP contribution in [0.3, 0.4) is 0 Å². The van der Waals surface area contributed by atoms with Crippen LogP contribution >= 0.6 is 0 Å². The number of carbonyl (C=O) groups excluding carboxylic acids is 1. The van der Waals surface area contributed by atoms with E-state index in [9.17, 15) is 4.79 Å². The van der Waals surface area contributed by atoms with E-state index in [-0.39, 0.29) is 11.9 Å². The lowest BCUT2D eigenvalue weighted by Gasteiger charge is -2.31. The number of benzene rings is 1. The minimum atomic E-state index is -0.157. The maximum atomic E-state index is 12.1. The third-order valence-corrected chi connectivity index (χ3v) is 5.20. The number of ether oxygens (including phenoxy) is 2. The van der Waals surface area contributed by atoms with Crippen LogP contribution < -0.4 is 14.8 Å². The monoisotopic (exact) mass is 401 g/mol. The predicted octanol–water partition coefficient (Wildman–Crippen LogP) is 2.52. The summed E-state index contributed by atoms with van der Waals surface area (Å²) < 4.78 is 12.6. The van der Waals surface area contributed by atoms with Crippen LogP contribution in [0.4, 0.5) is 0 Å². The Kier molecular flexibility index (Phi) is 7.09. The van der Waals surface area contributed by atoms with Gasteiger partial charge in [-0.05, 0) is 36.5 Å². The van der Waals surface area contributed by atoms with Gasteiger partial charge in [0.1, 0.15) is 0 Å². The summed E-state index contributed by atoms with van der Waals surface area (Å²) in [4.78, 5) is 14.6. The molecule has 0 atom stereocenters. The van der Waals surface area contributed by atoms with Gasteiger partial charge in [-0.3, -0.25) is 9.69 Å². The van der Waals surface area contributed by atoms with Gasteiger partial charge in [-0.25, -0.2) is 4.68 Å². The molecule has 1 N–H and O–H groups in total. The predicted molar refractivity (Wildman–Crippen MR) is 110 cm³/mol. The third kappa shape index (κ3) is 5.47. The Morgan fingerprint density at radius 2 is 1.93 bits per heavy atom. The van der Waals surface area contributed by atoms with E-state index in [0.717, 1.165) is 44.0 Å². The molecule has 1 aromatic carbocycles. The molecular formula is C21H31N5O3. The Labute approximate surface area is 172 Å². The van der Waals surface area contributed by atoms with Gasteiger partial charge in [-0.2, -0.15) is 0 Å². The zero-order valence-electron chi connectivity index (χ0n) is 17.7. The van der Waals surface area contributed by atoms with E-state index in [4.69, 9.17) is 9.47 Å². The maximum absolute atomic E-state index is 12.1. The lowest BCUT2D eigenvalue weighted by atomic mass is 10.0. The van der Waals surface area contributed by atoms with Crippen molar-refractivity contribution in [2.24, 2.45) is 5.92 Å². The third-order valence-electron chi connectivity index (χ3n) is 5.20. The highest BCUT2D eigenvalue weighted by Crippen LogP contribution is 2.29. The summed E-state index contributed by atoms with van der Waals surface area (Å²) in [6.07, 6.45) is 3.72. The number of aromatic nitrogens is 3. The molecule has 1 aliphatic rings. The van der Waals surface area contributed by atoms with Crippen LogP contribution in [0.25, 0.3) is 0 Å². The fraction of sp³-hybridized carbons (Fsp3) is 0.571. The highest BCUT2D eigenvalue weighted by Gasteiger charge is 2.23. The number of nitrogens with one attached hydrogen (secondary N) is 1. The molecule has 3 rings (SSSR count). The molecule has 1 aromatic heterocycles. The highest BCUT2D eigenvalue weighted by molar-refractivity contribution is 5.91. The van der Waals surface area contributed by atoms with E-state index in [1.807, 2.05) is 16.8 Å². The number of rotatable bonds is 8. The Morgan fingerprint density at radius 3 is 2.59 bits per heavy atom. The summed E-state index contributed by atoms with van der Waals surface area (Å²) in [5.74, 6) is 1.75. The van der Waals surface area contributed by atoms with E-state index >= 15 is 0 Å². The van der Waals surface area contributed by atoms with E-state index in [0.29, 0.717) is 18.2 Å². The molecule has 29 heavy (non-hydrogen) atoms. The van der Waals surface area contributed by atoms with Gasteiger partial charge in [0.2, 0.25) is 0 Å². The molecule has 2 aromatic rings. The van der Waals surface area contributed by atoms with Crippen molar-refractivity contribution in [2.75, 3.05) is 33.9 Å². The molecule has 0 bridgehead atoms. The van der Waals surface area contributed by atoms with Crippen molar-refractivity contribution in [1.29, 1.82) is 0 Å². The average molecular weight is 402 g/mol. The molecule has 1 saturated heterocycles. The Bertz CT molecular complexity index is 812. The summed E-state index contributed by atoms with van der Waals surface area (Å²) in [5.41, 5.74) is 1.59. The number of hydrogen-bond donors (Lipinski definition) is 1. The van der Waals surface area contributed by atoms with Crippen LogP contribution in [-0.4, -0.2) is 59.7 Å². The van der Waals surface area contributed by atoms with Crippen LogP contribution in [-0.2, 0) is 6.54 Å². The number of nitrogens with zero attached hydrogens (tertiary/aromatic N) is 4. The maximum Gasteiger partial charge on any atom is 0.273 e. The molecule has 8 heteroatoms. The first kappa shape index (κ1) is 21.1. The van der Waals surface area contributed by atoms with E-state index < -0.39 is 0 Å². The van der Waals surface area contributed by atoms with Crippen molar-refractivity contribution in [3.63, 3.8) is 0 Å². The zero-order chi connectivity index (χ0) is 20.8. The highest BCUT2D eigenvalue weighted by atomic mass is 16.5. The normalized spacial score (nSPS) is 15.5. The van der Waals surface area contributed by atoms with Crippen molar-refractivity contribution in [3.8, 4) is 11.5 Å². The molecule has 0 radical (unpaired) electrons. The van der Waals surface area contributed by atoms with Gasteiger partial charge < -0.3 is 14.8 Å². The van der Waals surface area contributed by atoms with E-state index in [2.05, 4.69) is 40.4 Å². The Hall–Kier alpha value is -2.61. The quantitative estimate of drug-likeness (QED) is 0.732. The van der Waals surface area contributed by atoms with Gasteiger partial charge in [0.25, 0.3) is 5.91 Å². The second-order valence-corrected chi connectivity index (χ2v) is 7.88. The molecule has 0 spiro atoms. The first-order valence-electron chi connectivity index (χ1n) is 10.1. The zero-order valence-corrected chi connectivity index (χ0v) is 17.7. The van der Waals surface area contributed by atoms with Crippen molar-refractivity contribution in [1.82, 2.24) is 25.2 Å². The smallest absolute Gasteiger partial charge is 0.273 e. The second-order valence-electron chi connectivity index (χ2n) is 7.88. The summed E-state index contributed by atoms with van der Waals surface area (Å²) in [5, 5.41) is 11.1. The first-order chi connectivity index (χ1) is 14.0. The topological polar surface area (TPSA) is 81.5 Å². The van der Waals surface area contributed by atoms with Crippen molar-refractivity contribution >= 4 is 5.91 Å². The van der Waals surface area contributed by atoms with Gasteiger partial charge in [0.05, 0.1) is 26.5 Å². The molecule has 158 valence electrons. The lowest BCUT2D eigenvalue weighted by molar-refractivity contribution is 0.0944. The van der Waals surface area contributed by atoms with Crippen LogP contribution in [0.1, 0.15) is 48.8 Å². The summed E-state index contributed by atoms with van der Waals surface area (Å²) in [6.45, 7) is 7.56. The first-order valence-corrected chi connectivity index (χ1v) is 10.1. The minimum Gasteiger partial charge on any atom is -0.493 e. The lowest BCUT2D eigenvalue weighted by Crippen LogP contribution is -2.34. The van der Waals surface area contributed by atoms with Crippen molar-refractivity contribution in [2.45, 2.75) is 39.3 Å². The number of carbonyl (C=O) groups is 1. The molecule has 1 fully saturated rings. The molecule has 0 aliphatic carbocycles. The molecule has 2 heterocycles. The molecule has 0 unspecified atom stereocenters. The van der Waals surface area contributed by atoms with Gasteiger partial charge in [0.15, 0.2) is 17.2 Å². The number of methoxy groups -OCH3 is 2. The van der Waals surface area contributed by atoms with Crippen molar-refractivity contribution < 1.29 is 14.3 Å². The average Bonchev–Trinajstić information content (AvgIpc) is 3.22. The number of likely N-dealkylation sites (tertiary alicyclic amines) is 1.